The molecule has 0 unspecified atom stereocenters. The van der Waals surface area contributed by atoms with Gasteiger partial charge < -0.3 is 19.4 Å². The second-order valence-electron chi connectivity index (χ2n) is 6.26. The van der Waals surface area contributed by atoms with E-state index in [1.54, 1.807) is 13.4 Å². The van der Waals surface area contributed by atoms with E-state index in [1.165, 1.54) is 19.2 Å². The van der Waals surface area contributed by atoms with E-state index in [4.69, 9.17) is 9.47 Å². The monoisotopic (exact) mass is 339 g/mol. The van der Waals surface area contributed by atoms with Gasteiger partial charge in [-0.05, 0) is 37.8 Å². The SMILES string of the molecule is COc1ccc(Nc2ncnc3c2ncn3C)cc1OC1CCCC1. The van der Waals surface area contributed by atoms with Gasteiger partial charge in [0.15, 0.2) is 28.5 Å². The zero-order valence-corrected chi connectivity index (χ0v) is 14.4. The standard InChI is InChI=1S/C18H21N5O2/c1-23-11-21-16-17(19-10-20-18(16)23)22-12-7-8-14(24-2)15(9-12)25-13-5-3-4-6-13/h7-11,13H,3-6H2,1-2H3,(H,19,20,22). The van der Waals surface area contributed by atoms with Gasteiger partial charge in [-0.2, -0.15) is 0 Å². The summed E-state index contributed by atoms with van der Waals surface area (Å²) in [4.78, 5) is 13.0. The van der Waals surface area contributed by atoms with E-state index in [0.29, 0.717) is 5.82 Å². The average molecular weight is 339 g/mol. The molecule has 1 N–H and O–H groups in total. The van der Waals surface area contributed by atoms with E-state index < -0.39 is 0 Å². The minimum absolute atomic E-state index is 0.269. The first-order valence-corrected chi connectivity index (χ1v) is 8.48. The first-order chi connectivity index (χ1) is 12.2. The second kappa shape index (κ2) is 6.58. The molecule has 0 saturated heterocycles. The van der Waals surface area contributed by atoms with Crippen molar-refractivity contribution in [2.75, 3.05) is 12.4 Å². The maximum absolute atomic E-state index is 6.15. The third-order valence-corrected chi connectivity index (χ3v) is 4.52. The molecule has 25 heavy (non-hydrogen) atoms. The summed E-state index contributed by atoms with van der Waals surface area (Å²) in [7, 11) is 3.57. The number of rotatable bonds is 5. The number of nitrogens with one attached hydrogen (secondary N) is 1. The lowest BCUT2D eigenvalue weighted by Gasteiger charge is -2.17. The fourth-order valence-electron chi connectivity index (χ4n) is 3.21. The molecule has 7 heteroatoms. The van der Waals surface area contributed by atoms with Gasteiger partial charge in [0, 0.05) is 18.8 Å². The Kier molecular flexibility index (Phi) is 4.13. The maximum atomic E-state index is 6.15. The van der Waals surface area contributed by atoms with Crippen molar-refractivity contribution in [1.29, 1.82) is 0 Å². The average Bonchev–Trinajstić information content (AvgIpc) is 3.26. The molecule has 130 valence electrons. The van der Waals surface area contributed by atoms with Gasteiger partial charge in [0.1, 0.15) is 6.33 Å². The van der Waals surface area contributed by atoms with Crippen molar-refractivity contribution in [3.8, 4) is 11.5 Å². The van der Waals surface area contributed by atoms with Crippen LogP contribution in [0.3, 0.4) is 0 Å². The van der Waals surface area contributed by atoms with Crippen molar-refractivity contribution in [3.63, 3.8) is 0 Å². The number of methoxy groups -OCH3 is 1. The third kappa shape index (κ3) is 3.09. The second-order valence-corrected chi connectivity index (χ2v) is 6.26. The number of nitrogens with zero attached hydrogens (tertiary/aromatic N) is 4. The lowest BCUT2D eigenvalue weighted by molar-refractivity contribution is 0.201. The molecule has 2 aromatic heterocycles. The summed E-state index contributed by atoms with van der Waals surface area (Å²) in [5.74, 6) is 2.16. The molecule has 1 fully saturated rings. The van der Waals surface area contributed by atoms with Gasteiger partial charge in [-0.25, -0.2) is 15.0 Å². The van der Waals surface area contributed by atoms with E-state index in [1.807, 2.05) is 29.8 Å². The number of imidazole rings is 1. The Morgan fingerprint density at radius 1 is 1.12 bits per heavy atom. The number of hydrogen-bond acceptors (Lipinski definition) is 6. The van der Waals surface area contributed by atoms with Gasteiger partial charge in [0.2, 0.25) is 0 Å². The number of ether oxygens (including phenoxy) is 2. The highest BCUT2D eigenvalue weighted by Crippen LogP contribution is 2.35. The zero-order chi connectivity index (χ0) is 17.2. The van der Waals surface area contributed by atoms with Crippen molar-refractivity contribution < 1.29 is 9.47 Å². The molecular formula is C18H21N5O2. The Labute approximate surface area is 146 Å². The molecular weight excluding hydrogens is 318 g/mol. The van der Waals surface area contributed by atoms with E-state index in [9.17, 15) is 0 Å². The topological polar surface area (TPSA) is 74.1 Å². The molecule has 7 nitrogen and oxygen atoms in total. The molecule has 0 radical (unpaired) electrons. The number of hydrogen-bond donors (Lipinski definition) is 1. The molecule has 3 aromatic rings. The normalized spacial score (nSPS) is 14.8. The van der Waals surface area contributed by atoms with Crippen LogP contribution in [-0.4, -0.2) is 32.7 Å². The maximum Gasteiger partial charge on any atom is 0.165 e. The highest BCUT2D eigenvalue weighted by atomic mass is 16.5. The van der Waals surface area contributed by atoms with Gasteiger partial charge in [0.25, 0.3) is 0 Å². The Hall–Kier alpha value is -2.83. The van der Waals surface area contributed by atoms with Crippen LogP contribution in [0.15, 0.2) is 30.9 Å². The van der Waals surface area contributed by atoms with Gasteiger partial charge >= 0.3 is 0 Å². The van der Waals surface area contributed by atoms with Gasteiger partial charge in [0.05, 0.1) is 19.5 Å². The van der Waals surface area contributed by atoms with Crippen molar-refractivity contribution in [1.82, 2.24) is 19.5 Å². The molecule has 0 atom stereocenters. The van der Waals surface area contributed by atoms with Crippen molar-refractivity contribution >= 4 is 22.7 Å². The summed E-state index contributed by atoms with van der Waals surface area (Å²) in [6, 6.07) is 5.80. The molecule has 4 rings (SSSR count). The molecule has 0 aliphatic heterocycles. The van der Waals surface area contributed by atoms with Gasteiger partial charge in [-0.1, -0.05) is 0 Å². The number of benzene rings is 1. The zero-order valence-electron chi connectivity index (χ0n) is 14.4. The number of aromatic nitrogens is 4. The van der Waals surface area contributed by atoms with E-state index in [-0.39, 0.29) is 6.10 Å². The fraction of sp³-hybridized carbons (Fsp3) is 0.389. The van der Waals surface area contributed by atoms with Crippen LogP contribution in [-0.2, 0) is 7.05 Å². The summed E-state index contributed by atoms with van der Waals surface area (Å²) in [5, 5.41) is 3.31. The van der Waals surface area contributed by atoms with Crippen molar-refractivity contribution in [2.45, 2.75) is 31.8 Å². The predicted molar refractivity (Wildman–Crippen MR) is 95.5 cm³/mol. The molecule has 1 saturated carbocycles. The first-order valence-electron chi connectivity index (χ1n) is 8.48. The molecule has 0 bridgehead atoms. The van der Waals surface area contributed by atoms with E-state index in [0.717, 1.165) is 41.2 Å². The highest BCUT2D eigenvalue weighted by molar-refractivity contribution is 5.85. The van der Waals surface area contributed by atoms with Crippen LogP contribution in [0.4, 0.5) is 11.5 Å². The van der Waals surface area contributed by atoms with Crippen LogP contribution in [0.1, 0.15) is 25.7 Å². The summed E-state index contributed by atoms with van der Waals surface area (Å²) in [6.45, 7) is 0. The van der Waals surface area contributed by atoms with Crippen LogP contribution in [0.2, 0.25) is 0 Å². The lowest BCUT2D eigenvalue weighted by atomic mass is 10.2. The van der Waals surface area contributed by atoms with E-state index >= 15 is 0 Å². The molecule has 1 aromatic carbocycles. The molecule has 0 amide bonds. The predicted octanol–water partition coefficient (Wildman–Crippen LogP) is 3.44. The van der Waals surface area contributed by atoms with Crippen LogP contribution >= 0.6 is 0 Å². The number of aryl methyl sites for hydroxylation is 1. The highest BCUT2D eigenvalue weighted by Gasteiger charge is 2.19. The van der Waals surface area contributed by atoms with Crippen molar-refractivity contribution in [3.05, 3.63) is 30.9 Å². The largest absolute Gasteiger partial charge is 0.493 e. The quantitative estimate of drug-likeness (QED) is 0.767. The summed E-state index contributed by atoms with van der Waals surface area (Å²) < 4.78 is 13.5. The van der Waals surface area contributed by atoms with Crippen LogP contribution in [0.25, 0.3) is 11.2 Å². The van der Waals surface area contributed by atoms with Gasteiger partial charge in [-0.3, -0.25) is 0 Å². The minimum atomic E-state index is 0.269. The first kappa shape index (κ1) is 15.7. The molecule has 2 heterocycles. The Bertz CT molecular complexity index is 886. The van der Waals surface area contributed by atoms with Crippen LogP contribution in [0.5, 0.6) is 11.5 Å². The smallest absolute Gasteiger partial charge is 0.165 e. The van der Waals surface area contributed by atoms with Crippen LogP contribution < -0.4 is 14.8 Å². The van der Waals surface area contributed by atoms with Gasteiger partial charge in [-0.15, -0.1) is 0 Å². The Morgan fingerprint density at radius 2 is 1.96 bits per heavy atom. The Morgan fingerprint density at radius 3 is 2.76 bits per heavy atom. The van der Waals surface area contributed by atoms with Crippen molar-refractivity contribution in [2.24, 2.45) is 7.05 Å². The van der Waals surface area contributed by atoms with E-state index in [2.05, 4.69) is 20.3 Å². The fourth-order valence-corrected chi connectivity index (χ4v) is 3.21. The number of fused-ring (bicyclic) bond motifs is 1. The van der Waals surface area contributed by atoms with Crippen LogP contribution in [0, 0.1) is 0 Å². The molecule has 1 aliphatic carbocycles. The summed E-state index contributed by atoms with van der Waals surface area (Å²) in [5.41, 5.74) is 2.40. The number of anilines is 2. The summed E-state index contributed by atoms with van der Waals surface area (Å²) >= 11 is 0. The third-order valence-electron chi connectivity index (χ3n) is 4.52. The Balaban J connectivity index is 1.63. The lowest BCUT2D eigenvalue weighted by Crippen LogP contribution is -2.11. The molecule has 1 aliphatic rings. The minimum Gasteiger partial charge on any atom is -0.493 e. The molecule has 0 spiro atoms. The summed E-state index contributed by atoms with van der Waals surface area (Å²) in [6.07, 6.45) is 8.18.